The molecule has 0 bridgehead atoms. The Hall–Kier alpha value is -0.0800. The van der Waals surface area contributed by atoms with E-state index in [1.54, 1.807) is 0 Å². The van der Waals surface area contributed by atoms with Crippen LogP contribution in [0.3, 0.4) is 0 Å². The molecule has 2 heteroatoms. The summed E-state index contributed by atoms with van der Waals surface area (Å²) >= 11 is 0. The zero-order valence-electron chi connectivity index (χ0n) is 10.7. The smallest absolute Gasteiger partial charge is 0.0616 e. The fourth-order valence-corrected chi connectivity index (χ4v) is 2.67. The van der Waals surface area contributed by atoms with Gasteiger partial charge in [0.25, 0.3) is 0 Å². The molecule has 0 aromatic rings. The molecule has 3 unspecified atom stereocenters. The van der Waals surface area contributed by atoms with Gasteiger partial charge in [0.15, 0.2) is 0 Å². The summed E-state index contributed by atoms with van der Waals surface area (Å²) in [6, 6.07) is 0. The molecule has 0 aliphatic heterocycles. The lowest BCUT2D eigenvalue weighted by Crippen LogP contribution is -2.57. The molecule has 1 aliphatic carbocycles. The van der Waals surface area contributed by atoms with E-state index in [4.69, 9.17) is 0 Å². The molecule has 1 saturated carbocycles. The van der Waals surface area contributed by atoms with Gasteiger partial charge in [-0.15, -0.1) is 0 Å². The molecule has 2 N–H and O–H groups in total. The lowest BCUT2D eigenvalue weighted by molar-refractivity contribution is 0.0517. The Morgan fingerprint density at radius 2 is 2.00 bits per heavy atom. The average Bonchev–Trinajstić information content (AvgIpc) is 2.19. The quantitative estimate of drug-likeness (QED) is 0.751. The van der Waals surface area contributed by atoms with E-state index in [1.807, 2.05) is 0 Å². The predicted molar refractivity (Wildman–Crippen MR) is 64.8 cm³/mol. The first-order valence-electron chi connectivity index (χ1n) is 6.36. The van der Waals surface area contributed by atoms with Crippen molar-refractivity contribution in [1.29, 1.82) is 0 Å². The van der Waals surface area contributed by atoms with E-state index in [2.05, 4.69) is 33.0 Å². The van der Waals surface area contributed by atoms with Crippen LogP contribution in [0.2, 0.25) is 0 Å². The van der Waals surface area contributed by atoms with Crippen molar-refractivity contribution in [1.82, 2.24) is 5.32 Å². The number of nitrogens with one attached hydrogen (secondary N) is 1. The molecule has 90 valence electrons. The summed E-state index contributed by atoms with van der Waals surface area (Å²) in [5, 5.41) is 13.3. The van der Waals surface area contributed by atoms with Crippen molar-refractivity contribution < 1.29 is 5.11 Å². The zero-order chi connectivity index (χ0) is 11.5. The maximum atomic E-state index is 9.68. The molecule has 0 heterocycles. The van der Waals surface area contributed by atoms with Gasteiger partial charge in [-0.05, 0) is 37.1 Å². The highest BCUT2D eigenvalue weighted by Crippen LogP contribution is 2.36. The Morgan fingerprint density at radius 1 is 1.33 bits per heavy atom. The van der Waals surface area contributed by atoms with Crippen molar-refractivity contribution in [3.05, 3.63) is 0 Å². The first-order valence-corrected chi connectivity index (χ1v) is 6.36. The van der Waals surface area contributed by atoms with Crippen LogP contribution in [0.1, 0.15) is 47.0 Å². The van der Waals surface area contributed by atoms with Crippen molar-refractivity contribution in [3.63, 3.8) is 0 Å². The molecule has 0 aromatic carbocycles. The van der Waals surface area contributed by atoms with Gasteiger partial charge in [-0.1, -0.05) is 34.1 Å². The number of hydrogen-bond donors (Lipinski definition) is 2. The third kappa shape index (κ3) is 3.18. The molecule has 15 heavy (non-hydrogen) atoms. The molecule has 0 aromatic heterocycles. The van der Waals surface area contributed by atoms with Gasteiger partial charge in [0.2, 0.25) is 0 Å². The highest BCUT2D eigenvalue weighted by molar-refractivity contribution is 4.96. The number of rotatable bonds is 4. The first kappa shape index (κ1) is 13.0. The number of hydrogen-bond acceptors (Lipinski definition) is 2. The monoisotopic (exact) mass is 213 g/mol. The molecule has 0 spiro atoms. The predicted octanol–water partition coefficient (Wildman–Crippen LogP) is 2.42. The second-order valence-corrected chi connectivity index (χ2v) is 5.88. The minimum absolute atomic E-state index is 0.0120. The number of aliphatic hydroxyl groups is 1. The second-order valence-electron chi connectivity index (χ2n) is 5.88. The fourth-order valence-electron chi connectivity index (χ4n) is 2.67. The van der Waals surface area contributed by atoms with Gasteiger partial charge < -0.3 is 10.4 Å². The van der Waals surface area contributed by atoms with Crippen LogP contribution in [0.15, 0.2) is 0 Å². The zero-order valence-corrected chi connectivity index (χ0v) is 10.7. The molecule has 0 amide bonds. The van der Waals surface area contributed by atoms with Gasteiger partial charge in [-0.3, -0.25) is 0 Å². The summed E-state index contributed by atoms with van der Waals surface area (Å²) in [6.45, 7) is 10.3. The van der Waals surface area contributed by atoms with Gasteiger partial charge in [0, 0.05) is 5.54 Å². The molecular weight excluding hydrogens is 186 g/mol. The minimum atomic E-state index is -0.0120. The van der Waals surface area contributed by atoms with E-state index in [-0.39, 0.29) is 12.1 Å². The summed E-state index contributed by atoms with van der Waals surface area (Å²) in [6.07, 6.45) is 3.68. The third-order valence-corrected chi connectivity index (χ3v) is 3.89. The van der Waals surface area contributed by atoms with Crippen LogP contribution in [0.5, 0.6) is 0 Å². The lowest BCUT2D eigenvalue weighted by Gasteiger charge is -2.45. The van der Waals surface area contributed by atoms with E-state index in [1.165, 1.54) is 12.8 Å². The van der Waals surface area contributed by atoms with Crippen molar-refractivity contribution in [3.8, 4) is 0 Å². The summed E-state index contributed by atoms with van der Waals surface area (Å²) in [5.41, 5.74) is -0.0120. The van der Waals surface area contributed by atoms with Gasteiger partial charge >= 0.3 is 0 Å². The third-order valence-electron chi connectivity index (χ3n) is 3.89. The highest BCUT2D eigenvalue weighted by Gasteiger charge is 2.39. The van der Waals surface area contributed by atoms with Crippen LogP contribution in [0, 0.1) is 17.8 Å². The molecule has 0 saturated heterocycles. The Balaban J connectivity index is 2.62. The van der Waals surface area contributed by atoms with Crippen LogP contribution in [0.25, 0.3) is 0 Å². The maximum absolute atomic E-state index is 9.68. The van der Waals surface area contributed by atoms with Crippen molar-refractivity contribution >= 4 is 0 Å². The largest absolute Gasteiger partial charge is 0.394 e. The van der Waals surface area contributed by atoms with Crippen LogP contribution in [-0.2, 0) is 0 Å². The molecule has 2 nitrogen and oxygen atoms in total. The Kier molecular flexibility index (Phi) is 4.60. The molecular formula is C13H27NO. The van der Waals surface area contributed by atoms with E-state index < -0.39 is 0 Å². The summed E-state index contributed by atoms with van der Waals surface area (Å²) in [5.74, 6) is 1.99. The van der Waals surface area contributed by atoms with E-state index in [9.17, 15) is 5.11 Å². The van der Waals surface area contributed by atoms with Crippen LogP contribution >= 0.6 is 0 Å². The molecule has 3 atom stereocenters. The molecule has 0 radical (unpaired) electrons. The number of aliphatic hydroxyl groups excluding tert-OH is 1. The second kappa shape index (κ2) is 5.31. The summed E-state index contributed by atoms with van der Waals surface area (Å²) in [4.78, 5) is 0. The van der Waals surface area contributed by atoms with Crippen molar-refractivity contribution in [2.45, 2.75) is 52.5 Å². The maximum Gasteiger partial charge on any atom is 0.0616 e. The highest BCUT2D eigenvalue weighted by atomic mass is 16.3. The fraction of sp³-hybridized carbons (Fsp3) is 1.00. The topological polar surface area (TPSA) is 32.3 Å². The molecule has 1 rings (SSSR count). The normalized spacial score (nSPS) is 37.2. The Labute approximate surface area is 94.5 Å². The Morgan fingerprint density at radius 3 is 2.53 bits per heavy atom. The van der Waals surface area contributed by atoms with Gasteiger partial charge in [0.1, 0.15) is 0 Å². The SMILES string of the molecule is CC(C)CNC1(CO)CC(C)CCC1C. The standard InChI is InChI=1S/C13H27NO/c1-10(2)8-14-13(9-15)7-11(3)5-6-12(13)4/h10-12,14-15H,5-9H2,1-4H3. The molecule has 1 aliphatic rings. The lowest BCUT2D eigenvalue weighted by atomic mass is 9.70. The van der Waals surface area contributed by atoms with Gasteiger partial charge in [-0.25, -0.2) is 0 Å². The summed E-state index contributed by atoms with van der Waals surface area (Å²) in [7, 11) is 0. The average molecular weight is 213 g/mol. The van der Waals surface area contributed by atoms with Gasteiger partial charge in [-0.2, -0.15) is 0 Å². The van der Waals surface area contributed by atoms with Crippen LogP contribution in [0.4, 0.5) is 0 Å². The van der Waals surface area contributed by atoms with E-state index in [0.29, 0.717) is 11.8 Å². The van der Waals surface area contributed by atoms with E-state index in [0.717, 1.165) is 18.9 Å². The van der Waals surface area contributed by atoms with Crippen LogP contribution in [-0.4, -0.2) is 23.8 Å². The first-order chi connectivity index (χ1) is 7.00. The van der Waals surface area contributed by atoms with Crippen molar-refractivity contribution in [2.24, 2.45) is 17.8 Å². The van der Waals surface area contributed by atoms with Crippen molar-refractivity contribution in [2.75, 3.05) is 13.2 Å². The van der Waals surface area contributed by atoms with E-state index >= 15 is 0 Å². The van der Waals surface area contributed by atoms with Gasteiger partial charge in [0.05, 0.1) is 6.61 Å². The summed E-state index contributed by atoms with van der Waals surface area (Å²) < 4.78 is 0. The van der Waals surface area contributed by atoms with Crippen LogP contribution < -0.4 is 5.32 Å². The minimum Gasteiger partial charge on any atom is -0.394 e. The Bertz CT molecular complexity index is 193. The molecule has 1 fully saturated rings.